The number of carbonyl (C=O) groups is 1. The molecule has 262 valence electrons. The van der Waals surface area contributed by atoms with Gasteiger partial charge in [-0.05, 0) is 140 Å². The molecule has 0 radical (unpaired) electrons. The molecule has 48 heavy (non-hydrogen) atoms. The summed E-state index contributed by atoms with van der Waals surface area (Å²) in [5.74, 6) is 4.98. The molecule has 6 fully saturated rings. The minimum atomic E-state index is -0.238. The van der Waals surface area contributed by atoms with Crippen molar-refractivity contribution in [2.45, 2.75) is 138 Å². The number of likely N-dealkylation sites (tertiary alicyclic amines) is 1. The fraction of sp³-hybridized carbons (Fsp3) is 0.767. The first kappa shape index (κ1) is 33.0. The van der Waals surface area contributed by atoms with Crippen molar-refractivity contribution in [1.29, 1.82) is 0 Å². The number of hydrogen-bond acceptors (Lipinski definition) is 3. The van der Waals surface area contributed by atoms with E-state index in [2.05, 4.69) is 88.7 Å². The van der Waals surface area contributed by atoms with E-state index in [1.807, 2.05) is 6.20 Å². The summed E-state index contributed by atoms with van der Waals surface area (Å²) in [6.45, 7) is 18.5. The van der Waals surface area contributed by atoms with Crippen molar-refractivity contribution in [3.05, 3.63) is 42.4 Å². The Morgan fingerprint density at radius 1 is 0.875 bits per heavy atom. The number of amides is 1. The van der Waals surface area contributed by atoms with Gasteiger partial charge in [-0.3, -0.25) is 4.79 Å². The molecule has 8 rings (SSSR count). The molecular formula is C43H63N3O2. The minimum Gasteiger partial charge on any atom is -0.393 e. The zero-order valence-electron chi connectivity index (χ0n) is 31.0. The van der Waals surface area contributed by atoms with Crippen LogP contribution in [0, 0.1) is 62.6 Å². The highest BCUT2D eigenvalue weighted by Crippen LogP contribution is 2.77. The van der Waals surface area contributed by atoms with Gasteiger partial charge in [0.05, 0.1) is 29.5 Å². The Morgan fingerprint density at radius 3 is 2.40 bits per heavy atom. The van der Waals surface area contributed by atoms with Gasteiger partial charge in [0, 0.05) is 6.54 Å². The van der Waals surface area contributed by atoms with E-state index in [0.29, 0.717) is 41.4 Å². The van der Waals surface area contributed by atoms with Crippen LogP contribution in [0.3, 0.4) is 0 Å². The van der Waals surface area contributed by atoms with Gasteiger partial charge in [0.2, 0.25) is 5.91 Å². The summed E-state index contributed by atoms with van der Waals surface area (Å²) in [7, 11) is 0. The van der Waals surface area contributed by atoms with E-state index >= 15 is 4.79 Å². The van der Waals surface area contributed by atoms with Crippen LogP contribution < -0.4 is 0 Å². The van der Waals surface area contributed by atoms with Gasteiger partial charge in [0.1, 0.15) is 5.82 Å². The third kappa shape index (κ3) is 4.37. The van der Waals surface area contributed by atoms with Crippen molar-refractivity contribution < 1.29 is 9.90 Å². The number of nitrogens with one attached hydrogen (secondary N) is 1. The Labute approximate surface area is 290 Å². The maximum absolute atomic E-state index is 15.4. The predicted molar refractivity (Wildman–Crippen MR) is 193 cm³/mol. The SMILES string of the molecule is CC(C)[C@@H]1CC[C@]2(C(=O)N3CCCC3c3ncc(-c4ccccc4)[nH]3)CC[C@]3(C)[C@H](CC[C@@H]4[C@@]5(C)CC[C@H](O)C(C)(C)[C@@H]5CC[C@]43C)[C@@H]12. The normalized spacial score (nSPS) is 44.9. The van der Waals surface area contributed by atoms with Crippen LogP contribution in [0.1, 0.15) is 137 Å². The Bertz CT molecular complexity index is 1530. The lowest BCUT2D eigenvalue weighted by atomic mass is 9.32. The summed E-state index contributed by atoms with van der Waals surface area (Å²) in [5.41, 5.74) is 2.73. The lowest BCUT2D eigenvalue weighted by Gasteiger charge is -2.73. The summed E-state index contributed by atoms with van der Waals surface area (Å²) in [5, 5.41) is 11.1. The van der Waals surface area contributed by atoms with E-state index in [1.165, 1.54) is 44.9 Å². The highest BCUT2D eigenvalue weighted by Gasteiger charge is 2.72. The molecule has 1 amide bonds. The molecule has 0 spiro atoms. The molecule has 1 unspecified atom stereocenters. The zero-order valence-corrected chi connectivity index (χ0v) is 31.0. The topological polar surface area (TPSA) is 69.2 Å². The van der Waals surface area contributed by atoms with Crippen LogP contribution >= 0.6 is 0 Å². The smallest absolute Gasteiger partial charge is 0.229 e. The first-order chi connectivity index (χ1) is 22.8. The average molecular weight is 654 g/mol. The van der Waals surface area contributed by atoms with Crippen molar-refractivity contribution in [1.82, 2.24) is 14.9 Å². The van der Waals surface area contributed by atoms with Gasteiger partial charge in [0.15, 0.2) is 0 Å². The molecule has 2 aromatic rings. The van der Waals surface area contributed by atoms with Crippen LogP contribution in [0.2, 0.25) is 0 Å². The average Bonchev–Trinajstić information content (AvgIpc) is 3.82. The number of fused-ring (bicyclic) bond motifs is 7. The van der Waals surface area contributed by atoms with E-state index in [0.717, 1.165) is 55.7 Å². The molecule has 5 aliphatic carbocycles. The van der Waals surface area contributed by atoms with Crippen LogP contribution in [0.15, 0.2) is 36.5 Å². The molecule has 11 atom stereocenters. The summed E-state index contributed by atoms with van der Waals surface area (Å²) in [4.78, 5) is 26.2. The number of H-pyrrole nitrogens is 1. The number of aromatic amines is 1. The molecule has 1 saturated heterocycles. The number of benzene rings is 1. The lowest BCUT2D eigenvalue weighted by molar-refractivity contribution is -0.249. The quantitative estimate of drug-likeness (QED) is 0.345. The Balaban J connectivity index is 1.12. The number of imidazole rings is 1. The summed E-state index contributed by atoms with van der Waals surface area (Å²) in [6.07, 6.45) is 15.5. The molecule has 1 aliphatic heterocycles. The van der Waals surface area contributed by atoms with Crippen LogP contribution in [0.25, 0.3) is 11.3 Å². The second-order valence-electron chi connectivity index (χ2n) is 19.4. The maximum atomic E-state index is 15.4. The standard InChI is InChI=1S/C43H63N3O2/c1-27(2)29-17-22-43(38(48)46-25-11-14-32(46)37-44-26-31(45-37)28-12-9-8-10-13-28)24-23-41(6)30(36(29)43)15-16-34-40(5)20-19-35(47)39(3,4)33(40)18-21-42(34,41)7/h8-10,12-13,26-27,29-30,32-36,47H,11,14-25H2,1-7H3,(H,44,45)/t29-,30+,32?,33-,34+,35-,36+,40-,41+,42+,43-/m0/s1. The molecule has 1 aromatic heterocycles. The first-order valence-corrected chi connectivity index (χ1v) is 19.9. The fourth-order valence-electron chi connectivity index (χ4n) is 14.6. The number of aromatic nitrogens is 2. The fourth-order valence-corrected chi connectivity index (χ4v) is 14.6. The predicted octanol–water partition coefficient (Wildman–Crippen LogP) is 9.84. The number of aliphatic hydroxyl groups is 1. The molecular weight excluding hydrogens is 590 g/mol. The summed E-state index contributed by atoms with van der Waals surface area (Å²) < 4.78 is 0. The second kappa shape index (κ2) is 11.2. The van der Waals surface area contributed by atoms with Gasteiger partial charge in [-0.25, -0.2) is 4.98 Å². The number of nitrogens with zero attached hydrogens (tertiary/aromatic N) is 2. The van der Waals surface area contributed by atoms with Crippen molar-refractivity contribution in [2.75, 3.05) is 6.54 Å². The summed E-state index contributed by atoms with van der Waals surface area (Å²) >= 11 is 0. The van der Waals surface area contributed by atoms with Gasteiger partial charge in [-0.15, -0.1) is 0 Å². The van der Waals surface area contributed by atoms with Crippen LogP contribution in [-0.2, 0) is 4.79 Å². The largest absolute Gasteiger partial charge is 0.393 e. The van der Waals surface area contributed by atoms with E-state index in [9.17, 15) is 5.11 Å². The van der Waals surface area contributed by atoms with Gasteiger partial charge in [-0.2, -0.15) is 0 Å². The zero-order chi connectivity index (χ0) is 33.9. The van der Waals surface area contributed by atoms with Crippen molar-refractivity contribution in [2.24, 2.45) is 62.6 Å². The van der Waals surface area contributed by atoms with E-state index < -0.39 is 0 Å². The van der Waals surface area contributed by atoms with Gasteiger partial charge in [-0.1, -0.05) is 78.8 Å². The third-order valence-electron chi connectivity index (χ3n) is 17.3. The minimum absolute atomic E-state index is 0.0173. The molecule has 0 bridgehead atoms. The highest BCUT2D eigenvalue weighted by molar-refractivity contribution is 5.84. The maximum Gasteiger partial charge on any atom is 0.229 e. The Kier molecular flexibility index (Phi) is 7.69. The van der Waals surface area contributed by atoms with Crippen molar-refractivity contribution in [3.63, 3.8) is 0 Å². The Morgan fingerprint density at radius 2 is 1.65 bits per heavy atom. The highest BCUT2D eigenvalue weighted by atomic mass is 16.3. The van der Waals surface area contributed by atoms with Crippen LogP contribution in [0.5, 0.6) is 0 Å². The molecule has 5 nitrogen and oxygen atoms in total. The number of rotatable bonds is 4. The monoisotopic (exact) mass is 653 g/mol. The van der Waals surface area contributed by atoms with Gasteiger partial charge in [0.25, 0.3) is 0 Å². The summed E-state index contributed by atoms with van der Waals surface area (Å²) in [6, 6.07) is 10.5. The molecule has 2 N–H and O–H groups in total. The number of hydrogen-bond donors (Lipinski definition) is 2. The van der Waals surface area contributed by atoms with Crippen LogP contribution in [0.4, 0.5) is 0 Å². The number of carbonyl (C=O) groups excluding carboxylic acids is 1. The van der Waals surface area contributed by atoms with E-state index in [-0.39, 0.29) is 39.2 Å². The van der Waals surface area contributed by atoms with E-state index in [4.69, 9.17) is 4.98 Å². The third-order valence-corrected chi connectivity index (χ3v) is 17.3. The molecule has 5 saturated carbocycles. The molecule has 6 aliphatic rings. The second-order valence-corrected chi connectivity index (χ2v) is 19.4. The Hall–Kier alpha value is -2.14. The van der Waals surface area contributed by atoms with E-state index in [1.54, 1.807) is 0 Å². The van der Waals surface area contributed by atoms with Crippen molar-refractivity contribution >= 4 is 5.91 Å². The molecule has 1 aromatic carbocycles. The van der Waals surface area contributed by atoms with Gasteiger partial charge >= 0.3 is 0 Å². The van der Waals surface area contributed by atoms with Crippen LogP contribution in [-0.4, -0.2) is 38.5 Å². The van der Waals surface area contributed by atoms with Gasteiger partial charge < -0.3 is 15.0 Å². The lowest BCUT2D eigenvalue weighted by Crippen LogP contribution is -2.67. The number of aliphatic hydroxyl groups excluding tert-OH is 1. The molecule has 5 heteroatoms. The first-order valence-electron chi connectivity index (χ1n) is 19.9. The molecule has 2 heterocycles. The van der Waals surface area contributed by atoms with Crippen molar-refractivity contribution in [3.8, 4) is 11.3 Å².